The second kappa shape index (κ2) is 9.94. The summed E-state index contributed by atoms with van der Waals surface area (Å²) in [7, 11) is 1.47. The molecule has 0 aliphatic rings. The van der Waals surface area contributed by atoms with Gasteiger partial charge in [-0.1, -0.05) is 6.92 Å². The van der Waals surface area contributed by atoms with Crippen LogP contribution in [-0.2, 0) is 10.1 Å². The number of methoxy groups -OCH3 is 1. The molecule has 0 aliphatic carbocycles. The third kappa shape index (κ3) is 5.93. The van der Waals surface area contributed by atoms with E-state index < -0.39 is 15.0 Å². The number of aromatic nitrogens is 1. The Kier molecular flexibility index (Phi) is 7.78. The van der Waals surface area contributed by atoms with E-state index in [1.165, 1.54) is 13.2 Å². The van der Waals surface area contributed by atoms with E-state index in [0.29, 0.717) is 28.6 Å². The molecule has 1 unspecified atom stereocenters. The summed E-state index contributed by atoms with van der Waals surface area (Å²) in [6.07, 6.45) is 1.38. The fourth-order valence-corrected chi connectivity index (χ4v) is 3.22. The number of nitro benzene ring substituents is 1. The molecular formula is C20H25N4O7S-. The first-order valence-electron chi connectivity index (χ1n) is 9.52. The van der Waals surface area contributed by atoms with Gasteiger partial charge in [0.1, 0.15) is 11.3 Å². The molecule has 1 atom stereocenters. The number of non-ortho nitro benzene ring substituents is 1. The summed E-state index contributed by atoms with van der Waals surface area (Å²) in [5.41, 5.74) is 0.873. The van der Waals surface area contributed by atoms with E-state index in [1.807, 2.05) is 25.9 Å². The lowest BCUT2D eigenvalue weighted by Crippen LogP contribution is -2.34. The highest BCUT2D eigenvalue weighted by atomic mass is 32.2. The molecule has 0 fully saturated rings. The topological polar surface area (TPSA) is 158 Å². The van der Waals surface area contributed by atoms with Crippen LogP contribution in [0.2, 0.25) is 0 Å². The first-order valence-corrected chi connectivity index (χ1v) is 11.3. The molecule has 1 heterocycles. The third-order valence-corrected chi connectivity index (χ3v) is 4.67. The Hall–Kier alpha value is -3.22. The summed E-state index contributed by atoms with van der Waals surface area (Å²) in [6, 6.07) is 8.04. The molecule has 3 aromatic rings. The van der Waals surface area contributed by atoms with Crippen molar-refractivity contribution in [2.45, 2.75) is 19.5 Å². The molecular weight excluding hydrogens is 440 g/mol. The molecule has 0 aliphatic heterocycles. The van der Waals surface area contributed by atoms with Crippen LogP contribution < -0.4 is 15.5 Å². The van der Waals surface area contributed by atoms with Gasteiger partial charge in [0, 0.05) is 23.4 Å². The van der Waals surface area contributed by atoms with Crippen molar-refractivity contribution in [1.29, 1.82) is 0 Å². The van der Waals surface area contributed by atoms with Gasteiger partial charge in [-0.05, 0) is 44.8 Å². The van der Waals surface area contributed by atoms with Gasteiger partial charge in [-0.15, -0.1) is 0 Å². The van der Waals surface area contributed by atoms with Gasteiger partial charge in [-0.3, -0.25) is 19.8 Å². The number of hydrogen-bond acceptors (Lipinski definition) is 9. The highest BCUT2D eigenvalue weighted by Gasteiger charge is 2.21. The monoisotopic (exact) mass is 465 g/mol. The minimum atomic E-state index is -3.92. The van der Waals surface area contributed by atoms with Crippen LogP contribution in [0, 0.1) is 10.1 Å². The first-order chi connectivity index (χ1) is 14.9. The quantitative estimate of drug-likeness (QED) is 0.183. The number of anilines is 1. The molecule has 11 nitrogen and oxygen atoms in total. The Morgan fingerprint density at radius 2 is 1.88 bits per heavy atom. The molecule has 0 saturated heterocycles. The summed E-state index contributed by atoms with van der Waals surface area (Å²) in [4.78, 5) is 29.3. The number of fused-ring (bicyclic) bond motifs is 2. The van der Waals surface area contributed by atoms with E-state index in [1.54, 1.807) is 24.3 Å². The molecule has 12 heteroatoms. The van der Waals surface area contributed by atoms with Crippen LogP contribution >= 0.6 is 0 Å². The third-order valence-electron chi connectivity index (χ3n) is 4.67. The number of benzene rings is 2. The zero-order valence-electron chi connectivity index (χ0n) is 18.3. The molecule has 174 valence electrons. The van der Waals surface area contributed by atoms with Crippen LogP contribution in [0.25, 0.3) is 21.8 Å². The van der Waals surface area contributed by atoms with Crippen molar-refractivity contribution in [2.75, 3.05) is 32.8 Å². The van der Waals surface area contributed by atoms with Gasteiger partial charge in [0.05, 0.1) is 39.2 Å². The fraction of sp³-hybridized carbons (Fsp3) is 0.350. The summed E-state index contributed by atoms with van der Waals surface area (Å²) in [6.45, 7) is 2.02. The molecule has 0 amide bonds. The molecule has 3 rings (SSSR count). The van der Waals surface area contributed by atoms with Crippen LogP contribution in [0.1, 0.15) is 13.3 Å². The van der Waals surface area contributed by atoms with Crippen molar-refractivity contribution < 1.29 is 22.6 Å². The van der Waals surface area contributed by atoms with Gasteiger partial charge in [-0.25, -0.2) is 8.42 Å². The molecule has 0 bridgehead atoms. The maximum atomic E-state index is 13.2. The lowest BCUT2D eigenvalue weighted by molar-refractivity contribution is -0.383. The second-order valence-electron chi connectivity index (χ2n) is 7.24. The van der Waals surface area contributed by atoms with E-state index in [-0.39, 0.29) is 28.2 Å². The zero-order chi connectivity index (χ0) is 24.2. The first kappa shape index (κ1) is 25.0. The molecule has 2 aromatic carbocycles. The molecule has 0 saturated carbocycles. The molecule has 0 spiro atoms. The fourth-order valence-electron chi connectivity index (χ4n) is 3.22. The summed E-state index contributed by atoms with van der Waals surface area (Å²) >= 11 is 0. The Bertz CT molecular complexity index is 1290. The molecule has 2 N–H and O–H groups in total. The van der Waals surface area contributed by atoms with E-state index in [4.69, 9.17) is 17.7 Å². The van der Waals surface area contributed by atoms with E-state index >= 15 is 0 Å². The SMILES string of the molecule is CCC(Nc1ccc([N+](=O)[O-])c2[nH]c3ccc(OC)cc3c(=O)c12)N(C)C.CS(=O)(=O)[O-]. The maximum Gasteiger partial charge on any atom is 0.293 e. The van der Waals surface area contributed by atoms with Gasteiger partial charge in [0.15, 0.2) is 5.43 Å². The van der Waals surface area contributed by atoms with Crippen LogP contribution in [0.4, 0.5) is 11.4 Å². The summed E-state index contributed by atoms with van der Waals surface area (Å²) < 4.78 is 32.4. The lowest BCUT2D eigenvalue weighted by atomic mass is 10.1. The van der Waals surface area contributed by atoms with Gasteiger partial charge >= 0.3 is 0 Å². The van der Waals surface area contributed by atoms with E-state index in [2.05, 4.69) is 10.3 Å². The van der Waals surface area contributed by atoms with Crippen molar-refractivity contribution in [2.24, 2.45) is 0 Å². The van der Waals surface area contributed by atoms with Crippen molar-refractivity contribution in [3.8, 4) is 5.75 Å². The van der Waals surface area contributed by atoms with E-state index in [0.717, 1.165) is 6.42 Å². The smallest absolute Gasteiger partial charge is 0.293 e. The highest BCUT2D eigenvalue weighted by molar-refractivity contribution is 7.84. The van der Waals surface area contributed by atoms with Crippen molar-refractivity contribution >= 4 is 43.3 Å². The van der Waals surface area contributed by atoms with Crippen molar-refractivity contribution in [3.63, 3.8) is 0 Å². The normalized spacial score (nSPS) is 12.3. The average Bonchev–Trinajstić information content (AvgIpc) is 2.69. The number of hydrogen-bond donors (Lipinski definition) is 2. The Labute approximate surface area is 184 Å². The predicted molar refractivity (Wildman–Crippen MR) is 122 cm³/mol. The second-order valence-corrected chi connectivity index (χ2v) is 8.65. The van der Waals surface area contributed by atoms with Crippen LogP contribution in [0.5, 0.6) is 5.75 Å². The Balaban J connectivity index is 0.000000654. The summed E-state index contributed by atoms with van der Waals surface area (Å²) in [5.74, 6) is 0.548. The van der Waals surface area contributed by atoms with Gasteiger partial charge in [0.2, 0.25) is 0 Å². The van der Waals surface area contributed by atoms with Crippen LogP contribution in [0.15, 0.2) is 35.1 Å². The zero-order valence-corrected chi connectivity index (χ0v) is 19.1. The predicted octanol–water partition coefficient (Wildman–Crippen LogP) is 2.47. The number of nitrogens with zero attached hydrogens (tertiary/aromatic N) is 2. The minimum absolute atomic E-state index is 0.0185. The number of aromatic amines is 1. The molecule has 0 radical (unpaired) electrons. The number of H-pyrrole nitrogens is 1. The van der Waals surface area contributed by atoms with Gasteiger partial charge in [0.25, 0.3) is 5.69 Å². The van der Waals surface area contributed by atoms with Gasteiger partial charge in [-0.2, -0.15) is 0 Å². The Morgan fingerprint density at radius 1 is 1.25 bits per heavy atom. The molecule has 32 heavy (non-hydrogen) atoms. The average molecular weight is 466 g/mol. The highest BCUT2D eigenvalue weighted by Crippen LogP contribution is 2.31. The summed E-state index contributed by atoms with van der Waals surface area (Å²) in [5, 5.41) is 15.5. The van der Waals surface area contributed by atoms with Crippen LogP contribution in [0.3, 0.4) is 0 Å². The number of nitro groups is 1. The van der Waals surface area contributed by atoms with Crippen molar-refractivity contribution in [1.82, 2.24) is 9.88 Å². The number of nitrogens with one attached hydrogen (secondary N) is 2. The minimum Gasteiger partial charge on any atom is -0.748 e. The number of ether oxygens (including phenoxy) is 1. The Morgan fingerprint density at radius 3 is 2.38 bits per heavy atom. The number of rotatable bonds is 6. The van der Waals surface area contributed by atoms with Crippen molar-refractivity contribution in [3.05, 3.63) is 50.7 Å². The largest absolute Gasteiger partial charge is 0.748 e. The van der Waals surface area contributed by atoms with E-state index in [9.17, 15) is 14.9 Å². The van der Waals surface area contributed by atoms with Crippen LogP contribution in [-0.4, -0.2) is 61.4 Å². The van der Waals surface area contributed by atoms with Gasteiger partial charge < -0.3 is 19.6 Å². The lowest BCUT2D eigenvalue weighted by Gasteiger charge is -2.25. The molecule has 1 aromatic heterocycles. The number of pyridine rings is 1. The standard InChI is InChI=1S/C19H22N4O4.CH4O3S/c1-5-16(22(2)3)20-14-8-9-15(23(25)26)18-17(14)19(24)12-10-11(27-4)6-7-13(12)21-18;1-5(2,3)4/h6-10,16,20H,5H2,1-4H3,(H,21,24);1H3,(H,2,3,4)/p-1. The maximum absolute atomic E-state index is 13.2.